The van der Waals surface area contributed by atoms with Crippen molar-refractivity contribution >= 4 is 0 Å². The van der Waals surface area contributed by atoms with Crippen molar-refractivity contribution in [3.8, 4) is 0 Å². The molecule has 0 aromatic heterocycles. The van der Waals surface area contributed by atoms with E-state index < -0.39 is 0 Å². The number of aliphatic hydroxyl groups excluding tert-OH is 1. The Morgan fingerprint density at radius 1 is 1.35 bits per heavy atom. The van der Waals surface area contributed by atoms with Crippen LogP contribution in [0.2, 0.25) is 0 Å². The molecule has 0 spiro atoms. The SMILES string of the molecule is CCOC(C)CNCC(O)CN1CCOCC1. The van der Waals surface area contributed by atoms with Crippen LogP contribution in [-0.4, -0.2) is 74.8 Å². The maximum atomic E-state index is 9.86. The smallest absolute Gasteiger partial charge is 0.0791 e. The molecule has 1 aliphatic rings. The Balaban J connectivity index is 2.02. The predicted molar refractivity (Wildman–Crippen MR) is 67.2 cm³/mol. The number of β-amino-alcohol motifs (C(OH)–C–C–N with tert-alkyl or cyclic N) is 1. The van der Waals surface area contributed by atoms with Crippen LogP contribution in [0, 0.1) is 0 Å². The number of aliphatic hydroxyl groups is 1. The van der Waals surface area contributed by atoms with Crippen LogP contribution in [0.25, 0.3) is 0 Å². The number of hydrogen-bond donors (Lipinski definition) is 2. The van der Waals surface area contributed by atoms with Gasteiger partial charge in [0.25, 0.3) is 0 Å². The summed E-state index contributed by atoms with van der Waals surface area (Å²) >= 11 is 0. The average molecular weight is 246 g/mol. The highest BCUT2D eigenvalue weighted by molar-refractivity contribution is 4.69. The van der Waals surface area contributed by atoms with Gasteiger partial charge in [0.1, 0.15) is 0 Å². The predicted octanol–water partition coefficient (Wildman–Crippen LogP) is -0.306. The quantitative estimate of drug-likeness (QED) is 0.615. The summed E-state index contributed by atoms with van der Waals surface area (Å²) in [6, 6.07) is 0. The van der Waals surface area contributed by atoms with E-state index in [9.17, 15) is 5.11 Å². The van der Waals surface area contributed by atoms with Gasteiger partial charge in [-0.3, -0.25) is 4.90 Å². The summed E-state index contributed by atoms with van der Waals surface area (Å²) in [6.07, 6.45) is -0.113. The van der Waals surface area contributed by atoms with E-state index in [1.807, 2.05) is 13.8 Å². The number of ether oxygens (including phenoxy) is 2. The normalized spacial score (nSPS) is 21.4. The van der Waals surface area contributed by atoms with Gasteiger partial charge in [0.15, 0.2) is 0 Å². The summed E-state index contributed by atoms with van der Waals surface area (Å²) in [5, 5.41) is 13.1. The second-order valence-corrected chi connectivity index (χ2v) is 4.49. The molecule has 5 nitrogen and oxygen atoms in total. The summed E-state index contributed by atoms with van der Waals surface area (Å²) < 4.78 is 10.7. The number of rotatable bonds is 8. The first-order valence-electron chi connectivity index (χ1n) is 6.52. The zero-order chi connectivity index (χ0) is 12.5. The van der Waals surface area contributed by atoms with Gasteiger partial charge in [-0.05, 0) is 13.8 Å². The van der Waals surface area contributed by atoms with Gasteiger partial charge in [-0.25, -0.2) is 0 Å². The largest absolute Gasteiger partial charge is 0.390 e. The Morgan fingerprint density at radius 2 is 2.06 bits per heavy atom. The number of nitrogens with zero attached hydrogens (tertiary/aromatic N) is 1. The summed E-state index contributed by atoms with van der Waals surface area (Å²) in [7, 11) is 0. The van der Waals surface area contributed by atoms with Gasteiger partial charge in [0.05, 0.1) is 25.4 Å². The highest BCUT2D eigenvalue weighted by Gasteiger charge is 2.14. The standard InChI is InChI=1S/C12H26N2O3/c1-3-17-11(2)8-13-9-12(15)10-14-4-6-16-7-5-14/h11-13,15H,3-10H2,1-2H3. The summed E-state index contributed by atoms with van der Waals surface area (Å²) in [6.45, 7) is 10.3. The van der Waals surface area contributed by atoms with Crippen LogP contribution < -0.4 is 5.32 Å². The summed E-state index contributed by atoms with van der Waals surface area (Å²) in [5.41, 5.74) is 0. The summed E-state index contributed by atoms with van der Waals surface area (Å²) in [4.78, 5) is 2.24. The lowest BCUT2D eigenvalue weighted by atomic mass is 10.3. The second-order valence-electron chi connectivity index (χ2n) is 4.49. The molecule has 0 bridgehead atoms. The minimum absolute atomic E-state index is 0.204. The van der Waals surface area contributed by atoms with Crippen molar-refractivity contribution in [2.75, 3.05) is 52.5 Å². The third kappa shape index (κ3) is 6.95. The average Bonchev–Trinajstić information content (AvgIpc) is 2.30. The van der Waals surface area contributed by atoms with Crippen LogP contribution in [0.15, 0.2) is 0 Å². The fourth-order valence-electron chi connectivity index (χ4n) is 1.94. The third-order valence-electron chi connectivity index (χ3n) is 2.84. The lowest BCUT2D eigenvalue weighted by Gasteiger charge is -2.28. The third-order valence-corrected chi connectivity index (χ3v) is 2.84. The van der Waals surface area contributed by atoms with Crippen molar-refractivity contribution in [1.29, 1.82) is 0 Å². The summed E-state index contributed by atoms with van der Waals surface area (Å²) in [5.74, 6) is 0. The van der Waals surface area contributed by atoms with E-state index in [0.29, 0.717) is 6.54 Å². The molecule has 0 radical (unpaired) electrons. The molecule has 2 N–H and O–H groups in total. The van der Waals surface area contributed by atoms with Crippen molar-refractivity contribution in [3.05, 3.63) is 0 Å². The molecule has 102 valence electrons. The van der Waals surface area contributed by atoms with Crippen LogP contribution in [0.1, 0.15) is 13.8 Å². The van der Waals surface area contributed by atoms with Gasteiger partial charge in [0, 0.05) is 39.3 Å². The van der Waals surface area contributed by atoms with Gasteiger partial charge in [-0.2, -0.15) is 0 Å². The highest BCUT2D eigenvalue weighted by atomic mass is 16.5. The van der Waals surface area contributed by atoms with Crippen molar-refractivity contribution < 1.29 is 14.6 Å². The van der Waals surface area contributed by atoms with Gasteiger partial charge in [-0.15, -0.1) is 0 Å². The Kier molecular flexibility index (Phi) is 7.72. The van der Waals surface area contributed by atoms with Gasteiger partial charge < -0.3 is 19.9 Å². The van der Waals surface area contributed by atoms with E-state index in [1.54, 1.807) is 0 Å². The van der Waals surface area contributed by atoms with Crippen LogP contribution in [0.3, 0.4) is 0 Å². The maximum absolute atomic E-state index is 9.86. The van der Waals surface area contributed by atoms with E-state index in [-0.39, 0.29) is 12.2 Å². The molecule has 0 aromatic carbocycles. The molecule has 0 amide bonds. The topological polar surface area (TPSA) is 54.0 Å². The molecule has 2 unspecified atom stereocenters. The van der Waals surface area contributed by atoms with Crippen molar-refractivity contribution in [3.63, 3.8) is 0 Å². The lowest BCUT2D eigenvalue weighted by Crippen LogP contribution is -2.44. The fourth-order valence-corrected chi connectivity index (χ4v) is 1.94. The Hall–Kier alpha value is -0.200. The van der Waals surface area contributed by atoms with Crippen molar-refractivity contribution in [2.45, 2.75) is 26.1 Å². The van der Waals surface area contributed by atoms with Crippen LogP contribution in [-0.2, 0) is 9.47 Å². The molecule has 0 aromatic rings. The van der Waals surface area contributed by atoms with Crippen molar-refractivity contribution in [1.82, 2.24) is 10.2 Å². The molecule has 1 rings (SSSR count). The zero-order valence-corrected chi connectivity index (χ0v) is 11.0. The molecular formula is C12H26N2O3. The molecule has 0 aliphatic carbocycles. The first-order chi connectivity index (χ1) is 8.22. The number of nitrogens with one attached hydrogen (secondary N) is 1. The van der Waals surface area contributed by atoms with Crippen LogP contribution in [0.4, 0.5) is 0 Å². The van der Waals surface area contributed by atoms with Crippen molar-refractivity contribution in [2.24, 2.45) is 0 Å². The molecule has 1 fully saturated rings. The second kappa shape index (κ2) is 8.83. The first-order valence-corrected chi connectivity index (χ1v) is 6.52. The highest BCUT2D eigenvalue weighted by Crippen LogP contribution is 1.98. The fraction of sp³-hybridized carbons (Fsp3) is 1.00. The minimum atomic E-state index is -0.318. The molecule has 0 saturated carbocycles. The van der Waals surface area contributed by atoms with E-state index in [0.717, 1.165) is 46.0 Å². The molecule has 1 saturated heterocycles. The van der Waals surface area contributed by atoms with Crippen LogP contribution >= 0.6 is 0 Å². The maximum Gasteiger partial charge on any atom is 0.0791 e. The van der Waals surface area contributed by atoms with Gasteiger partial charge in [0.2, 0.25) is 0 Å². The number of morpholine rings is 1. The van der Waals surface area contributed by atoms with E-state index in [4.69, 9.17) is 9.47 Å². The molecule has 1 aliphatic heterocycles. The first kappa shape index (κ1) is 14.9. The van der Waals surface area contributed by atoms with Crippen LogP contribution in [0.5, 0.6) is 0 Å². The molecule has 1 heterocycles. The zero-order valence-electron chi connectivity index (χ0n) is 11.0. The van der Waals surface area contributed by atoms with Gasteiger partial charge >= 0.3 is 0 Å². The van der Waals surface area contributed by atoms with E-state index in [1.165, 1.54) is 0 Å². The van der Waals surface area contributed by atoms with Gasteiger partial charge in [-0.1, -0.05) is 0 Å². The van der Waals surface area contributed by atoms with E-state index in [2.05, 4.69) is 10.2 Å². The molecule has 2 atom stereocenters. The molecular weight excluding hydrogens is 220 g/mol. The molecule has 5 heteroatoms. The Morgan fingerprint density at radius 3 is 2.71 bits per heavy atom. The van der Waals surface area contributed by atoms with E-state index >= 15 is 0 Å². The number of hydrogen-bond acceptors (Lipinski definition) is 5. The lowest BCUT2D eigenvalue weighted by molar-refractivity contribution is 0.0138. The Labute approximate surface area is 104 Å². The molecule has 17 heavy (non-hydrogen) atoms. The monoisotopic (exact) mass is 246 g/mol. The Bertz CT molecular complexity index is 187. The minimum Gasteiger partial charge on any atom is -0.390 e.